The Hall–Kier alpha value is -3.01. The molecule has 1 heterocycles. The van der Waals surface area contributed by atoms with Gasteiger partial charge in [0.25, 0.3) is 5.69 Å². The second-order valence-electron chi connectivity index (χ2n) is 8.26. The molecule has 1 aliphatic heterocycles. The molecule has 0 bridgehead atoms. The Balaban J connectivity index is 1.40. The average molecular weight is 556 g/mol. The van der Waals surface area contributed by atoms with Gasteiger partial charge in [-0.1, -0.05) is 54.7 Å². The van der Waals surface area contributed by atoms with Gasteiger partial charge in [0.2, 0.25) is 0 Å². The Kier molecular flexibility index (Phi) is 8.33. The molecular weight excluding hydrogens is 530 g/mol. The topological polar surface area (TPSA) is 68.1 Å². The number of benzene rings is 3. The van der Waals surface area contributed by atoms with Crippen LogP contribution in [-0.2, 0) is 13.2 Å². The third-order valence-corrected chi connectivity index (χ3v) is 6.97. The number of piperazine rings is 1. The number of nitro groups is 1. The van der Waals surface area contributed by atoms with E-state index in [9.17, 15) is 10.1 Å². The smallest absolute Gasteiger partial charge is 0.269 e. The Morgan fingerprint density at radius 2 is 1.74 bits per heavy atom. The van der Waals surface area contributed by atoms with Crippen molar-refractivity contribution >= 4 is 38.8 Å². The summed E-state index contributed by atoms with van der Waals surface area (Å²) in [7, 11) is 1.58. The molecule has 1 fully saturated rings. The molecule has 35 heavy (non-hydrogen) atoms. The van der Waals surface area contributed by atoms with Crippen molar-refractivity contribution in [2.24, 2.45) is 0 Å². The van der Waals surface area contributed by atoms with Crippen LogP contribution in [0.15, 0.2) is 71.2 Å². The van der Waals surface area contributed by atoms with Crippen LogP contribution in [-0.4, -0.2) is 53.0 Å². The molecule has 1 aliphatic rings. The second-order valence-corrected chi connectivity index (χ2v) is 9.50. The van der Waals surface area contributed by atoms with Crippen LogP contribution in [0.3, 0.4) is 0 Å². The molecule has 0 unspecified atom stereocenters. The third-order valence-electron chi connectivity index (χ3n) is 5.89. The lowest BCUT2D eigenvalue weighted by Crippen LogP contribution is -2.48. The van der Waals surface area contributed by atoms with E-state index in [0.717, 1.165) is 43.3 Å². The second kappa shape index (κ2) is 11.6. The minimum absolute atomic E-state index is 0.0293. The lowest BCUT2D eigenvalue weighted by molar-refractivity contribution is -0.384. The highest BCUT2D eigenvalue weighted by atomic mass is 79.9. The predicted octanol–water partition coefficient (Wildman–Crippen LogP) is 5.44. The molecule has 3 aromatic carbocycles. The number of rotatable bonds is 8. The summed E-state index contributed by atoms with van der Waals surface area (Å²) in [6, 6.07) is 20.7. The highest BCUT2D eigenvalue weighted by Gasteiger charge is 2.22. The zero-order valence-corrected chi connectivity index (χ0v) is 21.8. The van der Waals surface area contributed by atoms with Crippen molar-refractivity contribution in [3.05, 3.63) is 98.0 Å². The van der Waals surface area contributed by atoms with E-state index in [-0.39, 0.29) is 12.3 Å². The summed E-state index contributed by atoms with van der Waals surface area (Å²) in [5.41, 5.74) is 2.92. The highest BCUT2D eigenvalue weighted by molar-refractivity contribution is 9.10. The minimum atomic E-state index is -0.419. The minimum Gasteiger partial charge on any atom is -0.493 e. The summed E-state index contributed by atoms with van der Waals surface area (Å²) in [6.45, 7) is 4.71. The quantitative estimate of drug-likeness (QED) is 0.208. The Bertz CT molecular complexity index is 1200. The van der Waals surface area contributed by atoms with Crippen LogP contribution in [0.4, 0.5) is 5.69 Å². The van der Waals surface area contributed by atoms with E-state index >= 15 is 0 Å². The summed E-state index contributed by atoms with van der Waals surface area (Å²) in [6.07, 6.45) is 0. The molecule has 0 N–H and O–H groups in total. The summed E-state index contributed by atoms with van der Waals surface area (Å²) < 4.78 is 12.3. The van der Waals surface area contributed by atoms with E-state index < -0.39 is 4.92 Å². The maximum atomic E-state index is 11.0. The number of hydrogen-bond acceptors (Lipinski definition) is 6. The summed E-state index contributed by atoms with van der Waals surface area (Å²) in [5, 5.41) is 11.0. The van der Waals surface area contributed by atoms with Gasteiger partial charge in [-0.2, -0.15) is 0 Å². The van der Waals surface area contributed by atoms with Gasteiger partial charge in [0.15, 0.2) is 11.5 Å². The van der Waals surface area contributed by atoms with Crippen LogP contribution in [0.2, 0.25) is 0 Å². The largest absolute Gasteiger partial charge is 0.493 e. The van der Waals surface area contributed by atoms with Crippen molar-refractivity contribution in [1.82, 2.24) is 9.80 Å². The number of hydrogen-bond donors (Lipinski definition) is 0. The van der Waals surface area contributed by atoms with Crippen LogP contribution in [0.5, 0.6) is 11.5 Å². The number of non-ortho nitro benzene ring substituents is 1. The Morgan fingerprint density at radius 3 is 2.43 bits per heavy atom. The molecule has 0 aliphatic carbocycles. The number of thiocarbonyl (C=S) groups is 1. The van der Waals surface area contributed by atoms with Crippen molar-refractivity contribution in [2.75, 3.05) is 33.3 Å². The van der Waals surface area contributed by atoms with Crippen molar-refractivity contribution in [2.45, 2.75) is 13.2 Å². The molecule has 0 spiro atoms. The normalized spacial score (nSPS) is 13.9. The fraction of sp³-hybridized carbons (Fsp3) is 0.269. The van der Waals surface area contributed by atoms with E-state index in [2.05, 4.69) is 50.0 Å². The predicted molar refractivity (Wildman–Crippen MR) is 143 cm³/mol. The Labute approximate surface area is 218 Å². The van der Waals surface area contributed by atoms with Crippen LogP contribution < -0.4 is 9.47 Å². The molecule has 3 aromatic rings. The zero-order chi connectivity index (χ0) is 24.8. The maximum absolute atomic E-state index is 11.0. The number of ether oxygens (including phenoxy) is 2. The van der Waals surface area contributed by atoms with Crippen LogP contribution in [0.25, 0.3) is 0 Å². The molecule has 0 radical (unpaired) electrons. The van der Waals surface area contributed by atoms with Gasteiger partial charge < -0.3 is 14.4 Å². The SMILES string of the molecule is COc1cc(C(=S)N2CCN(Cc3ccccc3)CC2)cc(Br)c1OCc1cccc([N+](=O)[O-])c1. The van der Waals surface area contributed by atoms with Crippen molar-refractivity contribution in [3.8, 4) is 11.5 Å². The molecule has 7 nitrogen and oxygen atoms in total. The van der Waals surface area contributed by atoms with Crippen LogP contribution >= 0.6 is 28.1 Å². The summed E-state index contributed by atoms with van der Waals surface area (Å²) in [4.78, 5) is 16.0. The average Bonchev–Trinajstić information content (AvgIpc) is 2.88. The molecule has 0 atom stereocenters. The molecule has 182 valence electrons. The van der Waals surface area contributed by atoms with Crippen LogP contribution in [0.1, 0.15) is 16.7 Å². The van der Waals surface area contributed by atoms with Crippen molar-refractivity contribution in [3.63, 3.8) is 0 Å². The number of methoxy groups -OCH3 is 1. The lowest BCUT2D eigenvalue weighted by atomic mass is 10.1. The van der Waals surface area contributed by atoms with Gasteiger partial charge in [0.1, 0.15) is 11.6 Å². The number of nitro benzene ring substituents is 1. The van der Waals surface area contributed by atoms with Gasteiger partial charge >= 0.3 is 0 Å². The van der Waals surface area contributed by atoms with Gasteiger partial charge in [-0.15, -0.1) is 0 Å². The molecule has 0 aromatic heterocycles. The first kappa shape index (κ1) is 25.1. The fourth-order valence-corrected chi connectivity index (χ4v) is 4.89. The van der Waals surface area contributed by atoms with Gasteiger partial charge in [-0.25, -0.2) is 0 Å². The third kappa shape index (κ3) is 6.36. The van der Waals surface area contributed by atoms with E-state index in [1.807, 2.05) is 18.2 Å². The highest BCUT2D eigenvalue weighted by Crippen LogP contribution is 2.38. The molecule has 1 saturated heterocycles. The van der Waals surface area contributed by atoms with Gasteiger partial charge in [0, 0.05) is 50.4 Å². The number of halogens is 1. The van der Waals surface area contributed by atoms with Crippen molar-refractivity contribution in [1.29, 1.82) is 0 Å². The summed E-state index contributed by atoms with van der Waals surface area (Å²) >= 11 is 9.41. The van der Waals surface area contributed by atoms with E-state index in [0.29, 0.717) is 21.5 Å². The standard InChI is InChI=1S/C26H26BrN3O4S/c1-33-24-16-21(15-23(27)25(24)34-18-20-8-5-9-22(14-20)30(31)32)26(35)29-12-10-28(11-13-29)17-19-6-3-2-4-7-19/h2-9,14-16H,10-13,17-18H2,1H3. The molecule has 9 heteroatoms. The summed E-state index contributed by atoms with van der Waals surface area (Å²) in [5.74, 6) is 1.07. The fourth-order valence-electron chi connectivity index (χ4n) is 4.03. The van der Waals surface area contributed by atoms with E-state index in [1.165, 1.54) is 17.7 Å². The first-order valence-corrected chi connectivity index (χ1v) is 12.4. The maximum Gasteiger partial charge on any atom is 0.269 e. The van der Waals surface area contributed by atoms with Crippen molar-refractivity contribution < 1.29 is 14.4 Å². The van der Waals surface area contributed by atoms with E-state index in [4.69, 9.17) is 21.7 Å². The molecule has 0 saturated carbocycles. The monoisotopic (exact) mass is 555 g/mol. The first-order chi connectivity index (χ1) is 16.9. The lowest BCUT2D eigenvalue weighted by Gasteiger charge is -2.36. The van der Waals surface area contributed by atoms with E-state index in [1.54, 1.807) is 19.2 Å². The molecular formula is C26H26BrN3O4S. The van der Waals surface area contributed by atoms with Gasteiger partial charge in [-0.05, 0) is 39.2 Å². The van der Waals surface area contributed by atoms with Gasteiger partial charge in [0.05, 0.1) is 16.5 Å². The molecule has 0 amide bonds. The van der Waals surface area contributed by atoms with Crippen LogP contribution in [0, 0.1) is 10.1 Å². The zero-order valence-electron chi connectivity index (χ0n) is 19.4. The Morgan fingerprint density at radius 1 is 1.03 bits per heavy atom. The molecule has 4 rings (SSSR count). The number of nitrogens with zero attached hydrogens (tertiary/aromatic N) is 3. The van der Waals surface area contributed by atoms with Gasteiger partial charge in [-0.3, -0.25) is 15.0 Å². The first-order valence-electron chi connectivity index (χ1n) is 11.2.